The lowest BCUT2D eigenvalue weighted by atomic mass is 10.1. The number of hydrogen-bond donors (Lipinski definition) is 1. The molecule has 2 N–H and O–H groups in total. The second-order valence-electron chi connectivity index (χ2n) is 4.23. The Kier molecular flexibility index (Phi) is 4.80. The molecule has 18 heavy (non-hydrogen) atoms. The number of sulfone groups is 1. The van der Waals surface area contributed by atoms with Gasteiger partial charge in [0.05, 0.1) is 16.4 Å². The Labute approximate surface area is 106 Å². The molecule has 0 bridgehead atoms. The molecule has 0 aromatic heterocycles. The molecule has 1 aromatic rings. The van der Waals surface area contributed by atoms with Crippen LogP contribution in [-0.4, -0.2) is 30.9 Å². The Morgan fingerprint density at radius 3 is 2.56 bits per heavy atom. The van der Waals surface area contributed by atoms with Crippen molar-refractivity contribution < 1.29 is 13.3 Å². The topological polar surface area (TPSA) is 103 Å². The molecular weight excluding hydrogens is 256 g/mol. The van der Waals surface area contributed by atoms with Gasteiger partial charge in [0, 0.05) is 17.7 Å². The van der Waals surface area contributed by atoms with Crippen molar-refractivity contribution in [2.75, 3.05) is 11.5 Å². The van der Waals surface area contributed by atoms with Crippen molar-refractivity contribution in [2.45, 2.75) is 19.4 Å². The molecule has 0 spiro atoms. The minimum atomic E-state index is -3.27. The van der Waals surface area contributed by atoms with Crippen LogP contribution in [0.3, 0.4) is 0 Å². The van der Waals surface area contributed by atoms with Gasteiger partial charge in [-0.05, 0) is 13.3 Å². The van der Waals surface area contributed by atoms with Gasteiger partial charge in [0.2, 0.25) is 0 Å². The van der Waals surface area contributed by atoms with Crippen LogP contribution in [0.15, 0.2) is 24.3 Å². The van der Waals surface area contributed by atoms with Crippen LogP contribution in [0.5, 0.6) is 0 Å². The fourth-order valence-corrected chi connectivity index (χ4v) is 3.15. The van der Waals surface area contributed by atoms with Gasteiger partial charge in [-0.15, -0.1) is 0 Å². The predicted molar refractivity (Wildman–Crippen MR) is 69.1 cm³/mol. The lowest BCUT2D eigenvalue weighted by Gasteiger charge is -2.07. The van der Waals surface area contributed by atoms with Gasteiger partial charge >= 0.3 is 0 Å². The SMILES string of the molecule is CC(N)CS(=O)(=O)CCc1ccccc1[N+](=O)[O-]. The first kappa shape index (κ1) is 14.6. The summed E-state index contributed by atoms with van der Waals surface area (Å²) in [6.45, 7) is 1.61. The molecule has 100 valence electrons. The van der Waals surface area contributed by atoms with Crippen LogP contribution in [-0.2, 0) is 16.3 Å². The first-order valence-electron chi connectivity index (χ1n) is 5.50. The first-order chi connectivity index (χ1) is 8.32. The van der Waals surface area contributed by atoms with Crippen LogP contribution in [0.4, 0.5) is 5.69 Å². The van der Waals surface area contributed by atoms with Crippen molar-refractivity contribution in [3.8, 4) is 0 Å². The van der Waals surface area contributed by atoms with Crippen molar-refractivity contribution in [3.63, 3.8) is 0 Å². The number of nitrogens with two attached hydrogens (primary N) is 1. The third-order valence-electron chi connectivity index (χ3n) is 2.39. The van der Waals surface area contributed by atoms with Gasteiger partial charge < -0.3 is 5.73 Å². The van der Waals surface area contributed by atoms with Crippen molar-refractivity contribution in [2.24, 2.45) is 5.73 Å². The molecule has 0 heterocycles. The van der Waals surface area contributed by atoms with Crippen molar-refractivity contribution in [1.29, 1.82) is 0 Å². The van der Waals surface area contributed by atoms with E-state index in [-0.39, 0.29) is 23.6 Å². The van der Waals surface area contributed by atoms with Crippen LogP contribution in [0.2, 0.25) is 0 Å². The number of rotatable bonds is 6. The highest BCUT2D eigenvalue weighted by Crippen LogP contribution is 2.18. The normalized spacial score (nSPS) is 13.2. The average Bonchev–Trinajstić information content (AvgIpc) is 2.25. The van der Waals surface area contributed by atoms with E-state index in [1.807, 2.05) is 0 Å². The highest BCUT2D eigenvalue weighted by Gasteiger charge is 2.17. The van der Waals surface area contributed by atoms with Crippen molar-refractivity contribution >= 4 is 15.5 Å². The number of benzene rings is 1. The molecule has 1 aromatic carbocycles. The molecular formula is C11H16N2O4S. The fourth-order valence-electron chi connectivity index (χ4n) is 1.65. The van der Waals surface area contributed by atoms with E-state index in [0.717, 1.165) is 0 Å². The minimum absolute atomic E-state index is 0.0477. The molecule has 6 nitrogen and oxygen atoms in total. The molecule has 0 saturated heterocycles. The zero-order valence-corrected chi connectivity index (χ0v) is 10.9. The molecule has 0 aliphatic heterocycles. The van der Waals surface area contributed by atoms with Crippen LogP contribution in [0.1, 0.15) is 12.5 Å². The number of nitro benzene ring substituents is 1. The van der Waals surface area contributed by atoms with Gasteiger partial charge in [-0.2, -0.15) is 0 Å². The standard InChI is InChI=1S/C11H16N2O4S/c1-9(12)8-18(16,17)7-6-10-4-2-3-5-11(10)13(14)15/h2-5,9H,6-8,12H2,1H3. The zero-order chi connectivity index (χ0) is 13.8. The maximum Gasteiger partial charge on any atom is 0.272 e. The molecule has 1 atom stereocenters. The Morgan fingerprint density at radius 1 is 1.39 bits per heavy atom. The van der Waals surface area contributed by atoms with Crippen LogP contribution < -0.4 is 5.73 Å². The number of para-hydroxylation sites is 1. The maximum atomic E-state index is 11.6. The van der Waals surface area contributed by atoms with Gasteiger partial charge in [-0.25, -0.2) is 8.42 Å². The van der Waals surface area contributed by atoms with E-state index in [0.29, 0.717) is 5.56 Å². The summed E-state index contributed by atoms with van der Waals surface area (Å²) in [5, 5.41) is 10.8. The van der Waals surface area contributed by atoms with Crippen LogP contribution >= 0.6 is 0 Å². The summed E-state index contributed by atoms with van der Waals surface area (Å²) in [6.07, 6.45) is 0.131. The molecule has 0 saturated carbocycles. The third-order valence-corrected chi connectivity index (χ3v) is 4.25. The largest absolute Gasteiger partial charge is 0.327 e. The van der Waals surface area contributed by atoms with E-state index in [1.165, 1.54) is 6.07 Å². The summed E-state index contributed by atoms with van der Waals surface area (Å²) >= 11 is 0. The van der Waals surface area contributed by atoms with Crippen LogP contribution in [0, 0.1) is 10.1 Å². The number of nitro groups is 1. The van der Waals surface area contributed by atoms with Gasteiger partial charge in [0.25, 0.3) is 5.69 Å². The van der Waals surface area contributed by atoms with Gasteiger partial charge in [-0.3, -0.25) is 10.1 Å². The number of hydrogen-bond acceptors (Lipinski definition) is 5. The highest BCUT2D eigenvalue weighted by atomic mass is 32.2. The summed E-state index contributed by atoms with van der Waals surface area (Å²) in [5.74, 6) is -0.229. The fraction of sp³-hybridized carbons (Fsp3) is 0.455. The highest BCUT2D eigenvalue weighted by molar-refractivity contribution is 7.91. The van der Waals surface area contributed by atoms with E-state index in [9.17, 15) is 18.5 Å². The summed E-state index contributed by atoms with van der Waals surface area (Å²) < 4.78 is 23.3. The zero-order valence-electron chi connectivity index (χ0n) is 10.1. The monoisotopic (exact) mass is 272 g/mol. The van der Waals surface area contributed by atoms with Crippen LogP contribution in [0.25, 0.3) is 0 Å². The van der Waals surface area contributed by atoms with Gasteiger partial charge in [-0.1, -0.05) is 18.2 Å². The van der Waals surface area contributed by atoms with E-state index in [4.69, 9.17) is 5.73 Å². The quantitative estimate of drug-likeness (QED) is 0.612. The average molecular weight is 272 g/mol. The summed E-state index contributed by atoms with van der Waals surface area (Å²) in [7, 11) is -3.27. The number of nitrogens with zero attached hydrogens (tertiary/aromatic N) is 1. The summed E-state index contributed by atoms with van der Waals surface area (Å²) in [6, 6.07) is 5.71. The predicted octanol–water partition coefficient (Wildman–Crippen LogP) is 0.899. The van der Waals surface area contributed by atoms with E-state index in [1.54, 1.807) is 25.1 Å². The molecule has 0 radical (unpaired) electrons. The lowest BCUT2D eigenvalue weighted by Crippen LogP contribution is -2.28. The minimum Gasteiger partial charge on any atom is -0.327 e. The van der Waals surface area contributed by atoms with Crippen molar-refractivity contribution in [3.05, 3.63) is 39.9 Å². The summed E-state index contributed by atoms with van der Waals surface area (Å²) in [5.41, 5.74) is 5.82. The summed E-state index contributed by atoms with van der Waals surface area (Å²) in [4.78, 5) is 10.3. The second-order valence-corrected chi connectivity index (χ2v) is 6.46. The first-order valence-corrected chi connectivity index (χ1v) is 7.32. The Morgan fingerprint density at radius 2 is 2.00 bits per heavy atom. The molecule has 7 heteroatoms. The molecule has 0 aliphatic rings. The van der Waals surface area contributed by atoms with E-state index < -0.39 is 20.8 Å². The Balaban J connectivity index is 2.78. The lowest BCUT2D eigenvalue weighted by molar-refractivity contribution is -0.385. The smallest absolute Gasteiger partial charge is 0.272 e. The van der Waals surface area contributed by atoms with E-state index in [2.05, 4.69) is 0 Å². The molecule has 0 amide bonds. The second kappa shape index (κ2) is 5.92. The van der Waals surface area contributed by atoms with Crippen molar-refractivity contribution in [1.82, 2.24) is 0 Å². The van der Waals surface area contributed by atoms with Gasteiger partial charge in [0.15, 0.2) is 9.84 Å². The number of aryl methyl sites for hydroxylation is 1. The Bertz CT molecular complexity index is 526. The van der Waals surface area contributed by atoms with E-state index >= 15 is 0 Å². The molecule has 1 rings (SSSR count). The van der Waals surface area contributed by atoms with Gasteiger partial charge in [0.1, 0.15) is 0 Å². The maximum absolute atomic E-state index is 11.6. The molecule has 0 fully saturated rings. The third kappa shape index (κ3) is 4.42. The Hall–Kier alpha value is -1.47. The molecule has 1 unspecified atom stereocenters. The molecule has 0 aliphatic carbocycles.